The number of benzene rings is 1. The lowest BCUT2D eigenvalue weighted by Gasteiger charge is -2.24. The number of nitriles is 1. The molecule has 1 aromatic rings. The Morgan fingerprint density at radius 2 is 1.95 bits per heavy atom. The van der Waals surface area contributed by atoms with Crippen molar-refractivity contribution in [1.29, 1.82) is 5.26 Å². The first-order valence-electron chi connectivity index (χ1n) is 6.91. The number of anilines is 1. The maximum absolute atomic E-state index is 13.7. The highest BCUT2D eigenvalue weighted by Crippen LogP contribution is 2.23. The summed E-state index contributed by atoms with van der Waals surface area (Å²) in [6.07, 6.45) is 2.86. The van der Waals surface area contributed by atoms with Crippen molar-refractivity contribution in [2.45, 2.75) is 40.0 Å². The van der Waals surface area contributed by atoms with Gasteiger partial charge >= 0.3 is 0 Å². The van der Waals surface area contributed by atoms with E-state index in [2.05, 4.69) is 11.0 Å². The molecule has 0 aliphatic carbocycles. The summed E-state index contributed by atoms with van der Waals surface area (Å²) in [7, 11) is 0. The molecule has 0 N–H and O–H groups in total. The van der Waals surface area contributed by atoms with Crippen molar-refractivity contribution in [3.8, 4) is 6.07 Å². The molecule has 0 unspecified atom stereocenters. The third-order valence-corrected chi connectivity index (χ3v) is 3.36. The van der Waals surface area contributed by atoms with Crippen LogP contribution in [-0.2, 0) is 0 Å². The number of para-hydroxylation sites is 1. The molecule has 19 heavy (non-hydrogen) atoms. The number of unbranched alkanes of at least 4 members (excludes halogenated alkanes) is 1. The SMILES string of the molecule is CCN(CCCCC(C)(C)C#N)c1ccccc1F. The topological polar surface area (TPSA) is 27.0 Å². The Morgan fingerprint density at radius 1 is 1.26 bits per heavy atom. The summed E-state index contributed by atoms with van der Waals surface area (Å²) in [5.74, 6) is -0.165. The van der Waals surface area contributed by atoms with Crippen molar-refractivity contribution < 1.29 is 4.39 Å². The maximum Gasteiger partial charge on any atom is 0.146 e. The molecule has 3 heteroatoms. The molecule has 0 saturated carbocycles. The Labute approximate surface area is 115 Å². The molecule has 0 heterocycles. The molecule has 0 atom stereocenters. The van der Waals surface area contributed by atoms with Crippen LogP contribution in [0.5, 0.6) is 0 Å². The lowest BCUT2D eigenvalue weighted by molar-refractivity contribution is 0.426. The van der Waals surface area contributed by atoms with Crippen LogP contribution in [0.4, 0.5) is 10.1 Å². The van der Waals surface area contributed by atoms with Crippen LogP contribution in [0.2, 0.25) is 0 Å². The van der Waals surface area contributed by atoms with E-state index in [-0.39, 0.29) is 11.2 Å². The van der Waals surface area contributed by atoms with E-state index in [1.807, 2.05) is 32.9 Å². The number of hydrogen-bond acceptors (Lipinski definition) is 2. The summed E-state index contributed by atoms with van der Waals surface area (Å²) in [6.45, 7) is 7.58. The summed E-state index contributed by atoms with van der Waals surface area (Å²) in [5.41, 5.74) is 0.416. The molecule has 0 spiro atoms. The molecule has 2 nitrogen and oxygen atoms in total. The van der Waals surface area contributed by atoms with Crippen molar-refractivity contribution in [2.24, 2.45) is 5.41 Å². The average molecular weight is 262 g/mol. The minimum absolute atomic E-state index is 0.165. The summed E-state index contributed by atoms with van der Waals surface area (Å²) in [5, 5.41) is 8.95. The van der Waals surface area contributed by atoms with Crippen molar-refractivity contribution in [1.82, 2.24) is 0 Å². The molecule has 0 aliphatic heterocycles. The third-order valence-electron chi connectivity index (χ3n) is 3.36. The molecule has 0 amide bonds. The molecule has 0 fully saturated rings. The summed E-state index contributed by atoms with van der Waals surface area (Å²) >= 11 is 0. The van der Waals surface area contributed by atoms with E-state index in [1.54, 1.807) is 6.07 Å². The number of halogens is 1. The highest BCUT2D eigenvalue weighted by atomic mass is 19.1. The van der Waals surface area contributed by atoms with Gasteiger partial charge in [0.25, 0.3) is 0 Å². The van der Waals surface area contributed by atoms with E-state index in [0.717, 1.165) is 32.4 Å². The van der Waals surface area contributed by atoms with Crippen LogP contribution in [0.15, 0.2) is 24.3 Å². The van der Waals surface area contributed by atoms with Gasteiger partial charge in [0.1, 0.15) is 5.82 Å². The van der Waals surface area contributed by atoms with Gasteiger partial charge in [-0.15, -0.1) is 0 Å². The highest BCUT2D eigenvalue weighted by molar-refractivity contribution is 5.47. The first-order chi connectivity index (χ1) is 9.00. The Morgan fingerprint density at radius 3 is 2.53 bits per heavy atom. The molecule has 0 aromatic heterocycles. The van der Waals surface area contributed by atoms with E-state index < -0.39 is 0 Å². The molecular formula is C16H23FN2. The van der Waals surface area contributed by atoms with E-state index in [4.69, 9.17) is 5.26 Å². The minimum Gasteiger partial charge on any atom is -0.369 e. The fraction of sp³-hybridized carbons (Fsp3) is 0.562. The normalized spacial score (nSPS) is 11.1. The van der Waals surface area contributed by atoms with E-state index in [9.17, 15) is 4.39 Å². The van der Waals surface area contributed by atoms with Gasteiger partial charge in [-0.25, -0.2) is 4.39 Å². The van der Waals surface area contributed by atoms with Gasteiger partial charge in [0.2, 0.25) is 0 Å². The standard InChI is InChI=1S/C16H23FN2/c1-4-19(15-10-6-5-9-14(15)17)12-8-7-11-16(2,3)13-18/h5-6,9-10H,4,7-8,11-12H2,1-3H3. The third kappa shape index (κ3) is 4.90. The fourth-order valence-corrected chi connectivity index (χ4v) is 2.08. The van der Waals surface area contributed by atoms with Crippen molar-refractivity contribution >= 4 is 5.69 Å². The Hall–Kier alpha value is -1.56. The van der Waals surface area contributed by atoms with Gasteiger partial charge < -0.3 is 4.90 Å². The second-order valence-electron chi connectivity index (χ2n) is 5.48. The average Bonchev–Trinajstić information content (AvgIpc) is 2.40. The largest absolute Gasteiger partial charge is 0.369 e. The van der Waals surface area contributed by atoms with Crippen LogP contribution in [-0.4, -0.2) is 13.1 Å². The summed E-state index contributed by atoms with van der Waals surface area (Å²) in [4.78, 5) is 2.05. The molecular weight excluding hydrogens is 239 g/mol. The Balaban J connectivity index is 2.47. The number of hydrogen-bond donors (Lipinski definition) is 0. The Bertz CT molecular complexity index is 435. The van der Waals surface area contributed by atoms with Gasteiger partial charge in [-0.1, -0.05) is 18.6 Å². The predicted octanol–water partition coefficient (Wildman–Crippen LogP) is 4.37. The van der Waals surface area contributed by atoms with Crippen molar-refractivity contribution in [3.63, 3.8) is 0 Å². The van der Waals surface area contributed by atoms with Crippen LogP contribution in [0.25, 0.3) is 0 Å². The number of nitrogens with zero attached hydrogens (tertiary/aromatic N) is 2. The molecule has 0 aliphatic rings. The highest BCUT2D eigenvalue weighted by Gasteiger charge is 2.16. The van der Waals surface area contributed by atoms with E-state index in [1.165, 1.54) is 6.07 Å². The summed E-state index contributed by atoms with van der Waals surface area (Å²) < 4.78 is 13.7. The van der Waals surface area contributed by atoms with Gasteiger partial charge in [0.05, 0.1) is 17.2 Å². The minimum atomic E-state index is -0.255. The van der Waals surface area contributed by atoms with E-state index in [0.29, 0.717) is 5.69 Å². The van der Waals surface area contributed by atoms with Gasteiger partial charge in [0.15, 0.2) is 0 Å². The molecule has 0 bridgehead atoms. The summed E-state index contributed by atoms with van der Waals surface area (Å²) in [6, 6.07) is 9.20. The zero-order chi connectivity index (χ0) is 14.3. The van der Waals surface area contributed by atoms with Crippen molar-refractivity contribution in [3.05, 3.63) is 30.1 Å². The lowest BCUT2D eigenvalue weighted by Crippen LogP contribution is -2.25. The van der Waals surface area contributed by atoms with Crippen LogP contribution in [0.1, 0.15) is 40.0 Å². The van der Waals surface area contributed by atoms with Crippen molar-refractivity contribution in [2.75, 3.05) is 18.0 Å². The van der Waals surface area contributed by atoms with Crippen LogP contribution in [0.3, 0.4) is 0 Å². The molecule has 1 aromatic carbocycles. The monoisotopic (exact) mass is 262 g/mol. The maximum atomic E-state index is 13.7. The zero-order valence-corrected chi connectivity index (χ0v) is 12.1. The molecule has 0 saturated heterocycles. The molecule has 0 radical (unpaired) electrons. The smallest absolute Gasteiger partial charge is 0.146 e. The van der Waals surface area contributed by atoms with Crippen LogP contribution < -0.4 is 4.90 Å². The quantitative estimate of drug-likeness (QED) is 0.682. The first kappa shape index (κ1) is 15.5. The van der Waals surface area contributed by atoms with Gasteiger partial charge in [-0.05, 0) is 45.7 Å². The number of rotatable bonds is 7. The van der Waals surface area contributed by atoms with E-state index >= 15 is 0 Å². The lowest BCUT2D eigenvalue weighted by atomic mass is 9.89. The Kier molecular flexibility index (Phi) is 5.82. The molecule has 1 rings (SSSR count). The van der Waals surface area contributed by atoms with Gasteiger partial charge in [0, 0.05) is 13.1 Å². The fourth-order valence-electron chi connectivity index (χ4n) is 2.08. The van der Waals surface area contributed by atoms with Gasteiger partial charge in [-0.2, -0.15) is 5.26 Å². The predicted molar refractivity (Wildman–Crippen MR) is 77.5 cm³/mol. The molecule has 104 valence electrons. The van der Waals surface area contributed by atoms with Crippen LogP contribution in [0, 0.1) is 22.6 Å². The van der Waals surface area contributed by atoms with Crippen LogP contribution >= 0.6 is 0 Å². The first-order valence-corrected chi connectivity index (χ1v) is 6.91. The zero-order valence-electron chi connectivity index (χ0n) is 12.1. The van der Waals surface area contributed by atoms with Gasteiger partial charge in [-0.3, -0.25) is 0 Å². The second-order valence-corrected chi connectivity index (χ2v) is 5.48. The second kappa shape index (κ2) is 7.13.